The molecule has 3 heterocycles. The highest BCUT2D eigenvalue weighted by Crippen LogP contribution is 2.44. The van der Waals surface area contributed by atoms with Crippen molar-refractivity contribution >= 4 is 33.9 Å². The number of benzene rings is 1. The molecule has 1 fully saturated rings. The zero-order chi connectivity index (χ0) is 22.8. The number of aryl methyl sites for hydroxylation is 1. The number of hydrogen-bond acceptors (Lipinski definition) is 9. The first kappa shape index (κ1) is 21.4. The van der Waals surface area contributed by atoms with Gasteiger partial charge in [-0.15, -0.1) is 10.2 Å². The first-order chi connectivity index (χ1) is 15.5. The fourth-order valence-electron chi connectivity index (χ4n) is 3.52. The molecule has 164 valence electrons. The topological polar surface area (TPSA) is 115 Å². The third-order valence-corrected chi connectivity index (χ3v) is 5.76. The minimum absolute atomic E-state index is 0.0553. The molecule has 1 aliphatic rings. The lowest BCUT2D eigenvalue weighted by Crippen LogP contribution is -2.29. The van der Waals surface area contributed by atoms with Crippen LogP contribution in [0, 0.1) is 6.92 Å². The Balaban J connectivity index is 1.94. The van der Waals surface area contributed by atoms with Gasteiger partial charge in [0.1, 0.15) is 10.8 Å². The van der Waals surface area contributed by atoms with Crippen LogP contribution in [0.1, 0.15) is 29.1 Å². The van der Waals surface area contributed by atoms with Crippen molar-refractivity contribution in [3.63, 3.8) is 0 Å². The van der Waals surface area contributed by atoms with Crippen molar-refractivity contribution in [1.82, 2.24) is 15.2 Å². The number of aliphatic hydroxyl groups is 1. The highest BCUT2D eigenvalue weighted by molar-refractivity contribution is 7.15. The molecule has 0 spiro atoms. The van der Waals surface area contributed by atoms with Gasteiger partial charge in [0.15, 0.2) is 11.5 Å². The number of ether oxygens (including phenoxy) is 2. The van der Waals surface area contributed by atoms with Crippen molar-refractivity contribution in [3.05, 3.63) is 64.4 Å². The van der Waals surface area contributed by atoms with E-state index in [0.29, 0.717) is 34.2 Å². The first-order valence-electron chi connectivity index (χ1n) is 9.78. The normalized spacial score (nSPS) is 17.6. The van der Waals surface area contributed by atoms with Crippen LogP contribution in [-0.2, 0) is 9.59 Å². The highest BCUT2D eigenvalue weighted by atomic mass is 32.1. The number of aromatic nitrogens is 3. The van der Waals surface area contributed by atoms with Gasteiger partial charge in [0.05, 0.1) is 25.3 Å². The molecule has 32 heavy (non-hydrogen) atoms. The molecular formula is C22H20N4O5S. The minimum Gasteiger partial charge on any atom is -0.507 e. The molecular weight excluding hydrogens is 432 g/mol. The van der Waals surface area contributed by atoms with E-state index in [9.17, 15) is 14.7 Å². The van der Waals surface area contributed by atoms with E-state index in [1.807, 2.05) is 6.92 Å². The third kappa shape index (κ3) is 3.69. The number of amides is 1. The second kappa shape index (κ2) is 8.75. The van der Waals surface area contributed by atoms with Gasteiger partial charge in [-0.05, 0) is 43.7 Å². The van der Waals surface area contributed by atoms with Gasteiger partial charge in [0.2, 0.25) is 5.13 Å². The summed E-state index contributed by atoms with van der Waals surface area (Å²) in [7, 11) is 1.50. The van der Waals surface area contributed by atoms with E-state index in [2.05, 4.69) is 15.2 Å². The minimum atomic E-state index is -0.930. The van der Waals surface area contributed by atoms with E-state index in [0.717, 1.165) is 0 Å². The lowest BCUT2D eigenvalue weighted by molar-refractivity contribution is -0.132. The molecule has 4 rings (SSSR count). The monoisotopic (exact) mass is 452 g/mol. The van der Waals surface area contributed by atoms with E-state index >= 15 is 0 Å². The van der Waals surface area contributed by atoms with Crippen molar-refractivity contribution in [2.24, 2.45) is 0 Å². The second-order valence-corrected chi connectivity index (χ2v) is 8.01. The van der Waals surface area contributed by atoms with Crippen molar-refractivity contribution < 1.29 is 24.2 Å². The van der Waals surface area contributed by atoms with Gasteiger partial charge >= 0.3 is 5.91 Å². The maximum atomic E-state index is 13.1. The van der Waals surface area contributed by atoms with Gasteiger partial charge in [-0.2, -0.15) is 0 Å². The maximum absolute atomic E-state index is 13.1. The summed E-state index contributed by atoms with van der Waals surface area (Å²) in [5.74, 6) is -0.948. The van der Waals surface area contributed by atoms with Gasteiger partial charge in [-0.1, -0.05) is 17.4 Å². The number of Topliss-reactive ketones (excluding diaryl/α,β-unsaturated/α-hetero) is 1. The number of ketones is 1. The van der Waals surface area contributed by atoms with E-state index < -0.39 is 17.7 Å². The van der Waals surface area contributed by atoms with Gasteiger partial charge in [-0.3, -0.25) is 19.5 Å². The van der Waals surface area contributed by atoms with Crippen LogP contribution in [0.15, 0.2) is 48.3 Å². The quantitative estimate of drug-likeness (QED) is 0.344. The van der Waals surface area contributed by atoms with Gasteiger partial charge in [0.25, 0.3) is 5.78 Å². The molecule has 9 nitrogen and oxygen atoms in total. The molecule has 2 aromatic heterocycles. The van der Waals surface area contributed by atoms with Crippen LogP contribution < -0.4 is 14.4 Å². The number of carbonyl (C=O) groups excluding carboxylic acids is 2. The summed E-state index contributed by atoms with van der Waals surface area (Å²) in [5.41, 5.74) is 0.863. The van der Waals surface area contributed by atoms with Crippen LogP contribution in [0.3, 0.4) is 0 Å². The Labute approximate surface area is 188 Å². The largest absolute Gasteiger partial charge is 0.507 e. The molecule has 0 radical (unpaired) electrons. The number of nitrogens with zero attached hydrogens (tertiary/aromatic N) is 4. The predicted octanol–water partition coefficient (Wildman–Crippen LogP) is 3.28. The summed E-state index contributed by atoms with van der Waals surface area (Å²) in [5, 5.41) is 20.0. The van der Waals surface area contributed by atoms with Crippen LogP contribution in [0.25, 0.3) is 5.76 Å². The molecule has 1 atom stereocenters. The number of carbonyl (C=O) groups is 2. The summed E-state index contributed by atoms with van der Waals surface area (Å²) in [6.07, 6.45) is 2.99. The molecule has 1 aromatic carbocycles. The van der Waals surface area contributed by atoms with Crippen LogP contribution in [0.4, 0.5) is 5.13 Å². The number of methoxy groups -OCH3 is 1. The number of pyridine rings is 1. The van der Waals surface area contributed by atoms with Crippen molar-refractivity contribution in [2.45, 2.75) is 19.9 Å². The smallest absolute Gasteiger partial charge is 0.301 e. The summed E-state index contributed by atoms with van der Waals surface area (Å²) in [4.78, 5) is 31.4. The molecule has 10 heteroatoms. The van der Waals surface area contributed by atoms with E-state index in [-0.39, 0.29) is 16.5 Å². The number of anilines is 1. The molecule has 1 unspecified atom stereocenters. The lowest BCUT2D eigenvalue weighted by atomic mass is 9.95. The first-order valence-corrected chi connectivity index (χ1v) is 10.6. The molecule has 3 aromatic rings. The predicted molar refractivity (Wildman–Crippen MR) is 118 cm³/mol. The average molecular weight is 452 g/mol. The van der Waals surface area contributed by atoms with Crippen LogP contribution in [0.5, 0.6) is 11.5 Å². The third-order valence-electron chi connectivity index (χ3n) is 4.92. The standard InChI is InChI=1S/C22H20N4O5S/c1-4-31-15-6-5-14(11-16(15)30-3)18-17(19(27)13-7-9-23-10-8-13)20(28)21(29)26(18)22-25-24-12(2)32-22/h5-11,18,27H,4H2,1-3H3. The van der Waals surface area contributed by atoms with Crippen LogP contribution in [0.2, 0.25) is 0 Å². The molecule has 0 aliphatic carbocycles. The maximum Gasteiger partial charge on any atom is 0.301 e. The summed E-state index contributed by atoms with van der Waals surface area (Å²) in [6, 6.07) is 7.31. The molecule has 1 N–H and O–H groups in total. The molecule has 1 amide bonds. The van der Waals surface area contributed by atoms with E-state index in [4.69, 9.17) is 9.47 Å². The van der Waals surface area contributed by atoms with E-state index in [1.54, 1.807) is 37.3 Å². The summed E-state index contributed by atoms with van der Waals surface area (Å²) < 4.78 is 11.0. The van der Waals surface area contributed by atoms with Crippen molar-refractivity contribution in [2.75, 3.05) is 18.6 Å². The Morgan fingerprint density at radius 1 is 1.16 bits per heavy atom. The van der Waals surface area contributed by atoms with Gasteiger partial charge in [0, 0.05) is 18.0 Å². The Kier molecular flexibility index (Phi) is 5.87. The Morgan fingerprint density at radius 3 is 2.53 bits per heavy atom. The average Bonchev–Trinajstić information content (AvgIpc) is 3.35. The highest BCUT2D eigenvalue weighted by Gasteiger charge is 2.48. The van der Waals surface area contributed by atoms with Crippen LogP contribution >= 0.6 is 11.3 Å². The van der Waals surface area contributed by atoms with Crippen molar-refractivity contribution in [3.8, 4) is 11.5 Å². The van der Waals surface area contributed by atoms with Gasteiger partial charge in [-0.25, -0.2) is 0 Å². The Bertz CT molecular complexity index is 1210. The number of aliphatic hydroxyl groups excluding tert-OH is 1. The zero-order valence-corrected chi connectivity index (χ0v) is 18.4. The fourth-order valence-corrected chi connectivity index (χ4v) is 4.24. The van der Waals surface area contributed by atoms with Gasteiger partial charge < -0.3 is 14.6 Å². The van der Waals surface area contributed by atoms with Crippen molar-refractivity contribution in [1.29, 1.82) is 0 Å². The second-order valence-electron chi connectivity index (χ2n) is 6.85. The molecule has 1 aliphatic heterocycles. The Hall–Kier alpha value is -3.79. The van der Waals surface area contributed by atoms with E-state index in [1.165, 1.54) is 35.7 Å². The summed E-state index contributed by atoms with van der Waals surface area (Å²) in [6.45, 7) is 4.05. The molecule has 0 bridgehead atoms. The fraction of sp³-hybridized carbons (Fsp3) is 0.227. The van der Waals surface area contributed by atoms with Crippen LogP contribution in [-0.4, -0.2) is 45.7 Å². The number of hydrogen-bond donors (Lipinski definition) is 1. The number of rotatable bonds is 6. The zero-order valence-electron chi connectivity index (χ0n) is 17.6. The Morgan fingerprint density at radius 2 is 1.91 bits per heavy atom. The molecule has 1 saturated heterocycles. The molecule has 0 saturated carbocycles. The summed E-state index contributed by atoms with van der Waals surface area (Å²) >= 11 is 1.18. The lowest BCUT2D eigenvalue weighted by Gasteiger charge is -2.23. The SMILES string of the molecule is CCOc1ccc(C2C(=C(O)c3ccncc3)C(=O)C(=O)N2c2nnc(C)s2)cc1OC.